The Labute approximate surface area is 146 Å². The molecule has 2 amide bonds. The molecule has 0 bridgehead atoms. The number of nitrogens with two attached hydrogens (primary N) is 1. The fraction of sp³-hybridized carbons (Fsp3) is 0.263. The first kappa shape index (κ1) is 18.3. The topological polar surface area (TPSA) is 90.6 Å². The van der Waals surface area contributed by atoms with E-state index in [1.807, 2.05) is 19.9 Å². The highest BCUT2D eigenvalue weighted by atomic mass is 16.5. The highest BCUT2D eigenvalue weighted by molar-refractivity contribution is 5.98. The number of ether oxygens (including phenoxy) is 2. The molecule has 0 aliphatic heterocycles. The molecule has 0 saturated carbocycles. The van der Waals surface area contributed by atoms with Gasteiger partial charge in [-0.05, 0) is 37.6 Å². The molecule has 0 aliphatic carbocycles. The normalized spacial score (nSPS) is 11.7. The summed E-state index contributed by atoms with van der Waals surface area (Å²) < 4.78 is 10.9. The maximum absolute atomic E-state index is 12.5. The number of methoxy groups -OCH3 is 1. The number of amides is 2. The zero-order valence-corrected chi connectivity index (χ0v) is 14.5. The molecule has 2 rings (SSSR count). The van der Waals surface area contributed by atoms with Gasteiger partial charge in [-0.25, -0.2) is 0 Å². The molecule has 0 spiro atoms. The zero-order chi connectivity index (χ0) is 18.4. The van der Waals surface area contributed by atoms with Crippen LogP contribution in [0.3, 0.4) is 0 Å². The number of rotatable bonds is 7. The van der Waals surface area contributed by atoms with Gasteiger partial charge in [0.15, 0.2) is 11.5 Å². The van der Waals surface area contributed by atoms with E-state index in [1.54, 1.807) is 42.5 Å². The first-order valence-corrected chi connectivity index (χ1v) is 7.92. The largest absolute Gasteiger partial charge is 0.493 e. The van der Waals surface area contributed by atoms with Crippen LogP contribution in [0.2, 0.25) is 0 Å². The van der Waals surface area contributed by atoms with Crippen LogP contribution in [0.4, 0.5) is 0 Å². The number of carbonyl (C=O) groups is 2. The Morgan fingerprint density at radius 2 is 1.72 bits per heavy atom. The Kier molecular flexibility index (Phi) is 6.00. The van der Waals surface area contributed by atoms with Crippen molar-refractivity contribution in [1.29, 1.82) is 0 Å². The highest BCUT2D eigenvalue weighted by Crippen LogP contribution is 2.29. The Bertz CT molecular complexity index is 744. The molecule has 25 heavy (non-hydrogen) atoms. The first-order valence-electron chi connectivity index (χ1n) is 7.92. The zero-order valence-electron chi connectivity index (χ0n) is 14.5. The van der Waals surface area contributed by atoms with Crippen molar-refractivity contribution in [1.82, 2.24) is 5.32 Å². The standard InChI is InChI=1S/C19H22N2O4/c1-12(2)25-15-10-9-14(11-16(15)24-3)19(23)21-17(18(20)22)13-7-5-4-6-8-13/h4-12,17H,1-3H3,(H2,20,22)(H,21,23)/t17-/m1/s1. The molecule has 6 nitrogen and oxygen atoms in total. The average molecular weight is 342 g/mol. The van der Waals surface area contributed by atoms with E-state index in [9.17, 15) is 9.59 Å². The minimum atomic E-state index is -0.911. The first-order chi connectivity index (χ1) is 11.9. The maximum atomic E-state index is 12.5. The molecule has 0 aromatic heterocycles. The summed E-state index contributed by atoms with van der Waals surface area (Å²) in [5.74, 6) is -0.0754. The summed E-state index contributed by atoms with van der Waals surface area (Å²) in [6, 6.07) is 12.8. The monoisotopic (exact) mass is 342 g/mol. The lowest BCUT2D eigenvalue weighted by atomic mass is 10.1. The van der Waals surface area contributed by atoms with Crippen molar-refractivity contribution < 1.29 is 19.1 Å². The van der Waals surface area contributed by atoms with Crippen molar-refractivity contribution in [3.05, 3.63) is 59.7 Å². The van der Waals surface area contributed by atoms with Gasteiger partial charge < -0.3 is 20.5 Å². The maximum Gasteiger partial charge on any atom is 0.252 e. The molecule has 0 heterocycles. The van der Waals surface area contributed by atoms with Crippen LogP contribution >= 0.6 is 0 Å². The van der Waals surface area contributed by atoms with E-state index in [0.29, 0.717) is 22.6 Å². The van der Waals surface area contributed by atoms with Crippen LogP contribution in [-0.4, -0.2) is 25.0 Å². The fourth-order valence-electron chi connectivity index (χ4n) is 2.34. The van der Waals surface area contributed by atoms with Gasteiger partial charge in [0, 0.05) is 5.56 Å². The van der Waals surface area contributed by atoms with Gasteiger partial charge in [0.25, 0.3) is 5.91 Å². The molecular formula is C19H22N2O4. The molecular weight excluding hydrogens is 320 g/mol. The van der Waals surface area contributed by atoms with Crippen molar-refractivity contribution in [3.8, 4) is 11.5 Å². The second-order valence-corrected chi connectivity index (χ2v) is 5.75. The van der Waals surface area contributed by atoms with Gasteiger partial charge in [0.05, 0.1) is 13.2 Å². The quantitative estimate of drug-likeness (QED) is 0.808. The van der Waals surface area contributed by atoms with Crippen molar-refractivity contribution in [2.75, 3.05) is 7.11 Å². The molecule has 6 heteroatoms. The fourth-order valence-corrected chi connectivity index (χ4v) is 2.34. The lowest BCUT2D eigenvalue weighted by Crippen LogP contribution is -2.37. The van der Waals surface area contributed by atoms with Crippen molar-refractivity contribution in [2.45, 2.75) is 26.0 Å². The summed E-state index contributed by atoms with van der Waals surface area (Å²) in [5, 5.41) is 2.65. The van der Waals surface area contributed by atoms with Crippen molar-refractivity contribution >= 4 is 11.8 Å². The van der Waals surface area contributed by atoms with Crippen LogP contribution in [0.15, 0.2) is 48.5 Å². The molecule has 0 radical (unpaired) electrons. The van der Waals surface area contributed by atoms with E-state index in [4.69, 9.17) is 15.2 Å². The molecule has 2 aromatic carbocycles. The highest BCUT2D eigenvalue weighted by Gasteiger charge is 2.21. The molecule has 2 aromatic rings. The summed E-state index contributed by atoms with van der Waals surface area (Å²) in [5.41, 5.74) is 6.39. The minimum Gasteiger partial charge on any atom is -0.493 e. The number of hydrogen-bond acceptors (Lipinski definition) is 4. The van der Waals surface area contributed by atoms with Gasteiger partial charge in [-0.15, -0.1) is 0 Å². The second kappa shape index (κ2) is 8.19. The molecule has 3 N–H and O–H groups in total. The number of hydrogen-bond donors (Lipinski definition) is 2. The van der Waals surface area contributed by atoms with Gasteiger partial charge in [0.2, 0.25) is 5.91 Å². The van der Waals surface area contributed by atoms with Gasteiger partial charge in [0.1, 0.15) is 6.04 Å². The van der Waals surface area contributed by atoms with Crippen LogP contribution < -0.4 is 20.5 Å². The van der Waals surface area contributed by atoms with E-state index in [1.165, 1.54) is 7.11 Å². The third kappa shape index (κ3) is 4.73. The third-order valence-electron chi connectivity index (χ3n) is 3.48. The van der Waals surface area contributed by atoms with Crippen LogP contribution in [0.1, 0.15) is 35.8 Å². The van der Waals surface area contributed by atoms with E-state index >= 15 is 0 Å². The van der Waals surface area contributed by atoms with E-state index in [-0.39, 0.29) is 6.10 Å². The van der Waals surface area contributed by atoms with Gasteiger partial charge in [-0.2, -0.15) is 0 Å². The molecule has 0 fully saturated rings. The number of carbonyl (C=O) groups excluding carboxylic acids is 2. The summed E-state index contributed by atoms with van der Waals surface area (Å²) in [6.07, 6.45) is -0.0223. The van der Waals surface area contributed by atoms with Crippen LogP contribution in [0, 0.1) is 0 Å². The summed E-state index contributed by atoms with van der Waals surface area (Å²) in [7, 11) is 1.50. The SMILES string of the molecule is COc1cc(C(=O)N[C@@H](C(N)=O)c2ccccc2)ccc1OC(C)C. The summed E-state index contributed by atoms with van der Waals surface area (Å²) in [6.45, 7) is 3.80. The number of primary amides is 1. The average Bonchev–Trinajstić information content (AvgIpc) is 2.59. The minimum absolute atomic E-state index is 0.0223. The summed E-state index contributed by atoms with van der Waals surface area (Å²) >= 11 is 0. The van der Waals surface area contributed by atoms with Crippen LogP contribution in [-0.2, 0) is 4.79 Å². The Hall–Kier alpha value is -3.02. The van der Waals surface area contributed by atoms with Gasteiger partial charge in [-0.1, -0.05) is 30.3 Å². The van der Waals surface area contributed by atoms with Crippen molar-refractivity contribution in [2.24, 2.45) is 5.73 Å². The predicted molar refractivity (Wildman–Crippen MR) is 94.6 cm³/mol. The lowest BCUT2D eigenvalue weighted by molar-refractivity contribution is -0.120. The smallest absolute Gasteiger partial charge is 0.252 e. The molecule has 1 atom stereocenters. The van der Waals surface area contributed by atoms with Crippen LogP contribution in [0.25, 0.3) is 0 Å². The molecule has 132 valence electrons. The molecule has 0 aliphatic rings. The van der Waals surface area contributed by atoms with Crippen molar-refractivity contribution in [3.63, 3.8) is 0 Å². The predicted octanol–water partition coefficient (Wildman–Crippen LogP) is 2.44. The Morgan fingerprint density at radius 1 is 1.04 bits per heavy atom. The Morgan fingerprint density at radius 3 is 2.28 bits per heavy atom. The lowest BCUT2D eigenvalue weighted by Gasteiger charge is -2.17. The van der Waals surface area contributed by atoms with E-state index in [2.05, 4.69) is 5.32 Å². The number of nitrogens with one attached hydrogen (secondary N) is 1. The van der Waals surface area contributed by atoms with Crippen LogP contribution in [0.5, 0.6) is 11.5 Å². The second-order valence-electron chi connectivity index (χ2n) is 5.75. The number of benzene rings is 2. The molecule has 0 unspecified atom stereocenters. The third-order valence-corrected chi connectivity index (χ3v) is 3.48. The van der Waals surface area contributed by atoms with Gasteiger partial charge >= 0.3 is 0 Å². The summed E-state index contributed by atoms with van der Waals surface area (Å²) in [4.78, 5) is 24.2. The molecule has 0 saturated heterocycles. The van der Waals surface area contributed by atoms with E-state index < -0.39 is 17.9 Å². The Balaban J connectivity index is 2.23. The van der Waals surface area contributed by atoms with E-state index in [0.717, 1.165) is 0 Å². The van der Waals surface area contributed by atoms with Gasteiger partial charge in [-0.3, -0.25) is 9.59 Å².